The maximum absolute atomic E-state index is 14.0. The molecule has 5 rings (SSSR count). The van der Waals surface area contributed by atoms with Gasteiger partial charge in [-0.25, -0.2) is 9.78 Å². The van der Waals surface area contributed by atoms with Gasteiger partial charge in [0, 0.05) is 69.9 Å². The summed E-state index contributed by atoms with van der Waals surface area (Å²) in [6.07, 6.45) is 4.60. The number of benzene rings is 2. The molecule has 2 atom stereocenters. The molecule has 17 heteroatoms. The van der Waals surface area contributed by atoms with Crippen molar-refractivity contribution in [3.63, 3.8) is 0 Å². The second-order valence-electron chi connectivity index (χ2n) is 14.8. The number of aliphatic hydroxyl groups excluding tert-OH is 1. The van der Waals surface area contributed by atoms with Gasteiger partial charge in [0.15, 0.2) is 11.2 Å². The first-order chi connectivity index (χ1) is 28.9. The van der Waals surface area contributed by atoms with Crippen molar-refractivity contribution in [2.24, 2.45) is 0 Å². The van der Waals surface area contributed by atoms with E-state index in [1.807, 2.05) is 54.8 Å². The number of carboxylic acids is 1. The first kappa shape index (κ1) is 44.9. The van der Waals surface area contributed by atoms with Crippen LogP contribution in [0.5, 0.6) is 0 Å². The molecule has 0 bridgehead atoms. The summed E-state index contributed by atoms with van der Waals surface area (Å²) in [6.45, 7) is 5.61. The van der Waals surface area contributed by atoms with Gasteiger partial charge in [-0.1, -0.05) is 62.7 Å². The van der Waals surface area contributed by atoms with Crippen LogP contribution in [0.25, 0.3) is 11.2 Å². The third kappa shape index (κ3) is 11.9. The number of amides is 4. The van der Waals surface area contributed by atoms with Crippen molar-refractivity contribution < 1.29 is 34.2 Å². The second kappa shape index (κ2) is 21.7. The quantitative estimate of drug-likeness (QED) is 0.0509. The third-order valence-electron chi connectivity index (χ3n) is 10.2. The normalized spacial score (nSPS) is 13.6. The highest BCUT2D eigenvalue weighted by molar-refractivity contribution is 6.12. The number of carbonyl (C=O) groups is 5. The van der Waals surface area contributed by atoms with E-state index in [9.17, 15) is 43.8 Å². The maximum atomic E-state index is 14.0. The van der Waals surface area contributed by atoms with Crippen molar-refractivity contribution in [1.29, 1.82) is 0 Å². The molecular weight excluding hydrogens is 773 g/mol. The molecule has 1 aliphatic rings. The van der Waals surface area contributed by atoms with Crippen LogP contribution in [0.2, 0.25) is 0 Å². The Bertz CT molecular complexity index is 2300. The van der Waals surface area contributed by atoms with Gasteiger partial charge < -0.3 is 30.7 Å². The SMILES string of the molecule is CCCn1c(=O)c2c(nc(Cc3ccccc3)n2CCNCC(O)CC)n(CCc2cccc(NC(=O)C(CC(=O)O)NC(=O)CCCCCN3C(=O)C=CC3=O)c2)c1=O. The fourth-order valence-electron chi connectivity index (χ4n) is 7.03. The van der Waals surface area contributed by atoms with E-state index in [0.29, 0.717) is 81.6 Å². The van der Waals surface area contributed by atoms with Crippen LogP contribution in [-0.2, 0) is 56.4 Å². The number of fused-ring (bicyclic) bond motifs is 1. The standard InChI is InChI=1S/C43H54N8O9/c1-3-21-51-42(59)39-40(47-34(26-29-12-7-5-8-13-29)48(39)24-20-44-28-32(52)4-2)50(43(51)60)23-19-30-14-11-15-31(25-30)45-41(58)33(27-38(56)57)46-35(53)16-9-6-10-22-49-36(54)17-18-37(49)55/h5,7-8,11-15,17-18,25,32-33,44,52H,3-4,6,9-10,16,19-24,26-28H2,1-2H3,(H,45,58)(H,46,53)(H,56,57). The predicted octanol–water partition coefficient (Wildman–Crippen LogP) is 2.35. The van der Waals surface area contributed by atoms with Crippen molar-refractivity contribution >= 4 is 46.4 Å². The van der Waals surface area contributed by atoms with Gasteiger partial charge in [0.05, 0.1) is 12.5 Å². The van der Waals surface area contributed by atoms with Crippen molar-refractivity contribution in [1.82, 2.24) is 34.2 Å². The number of hydrogen-bond acceptors (Lipinski definition) is 10. The summed E-state index contributed by atoms with van der Waals surface area (Å²) < 4.78 is 4.61. The minimum absolute atomic E-state index is 0.0171. The molecule has 60 heavy (non-hydrogen) atoms. The Morgan fingerprint density at radius 1 is 0.817 bits per heavy atom. The van der Waals surface area contributed by atoms with Crippen LogP contribution < -0.4 is 27.2 Å². The lowest BCUT2D eigenvalue weighted by Crippen LogP contribution is -2.45. The predicted molar refractivity (Wildman–Crippen MR) is 224 cm³/mol. The number of aryl methyl sites for hydroxylation is 2. The van der Waals surface area contributed by atoms with E-state index in [1.165, 1.54) is 21.3 Å². The highest BCUT2D eigenvalue weighted by Crippen LogP contribution is 2.18. The number of imide groups is 1. The number of aliphatic carboxylic acids is 1. The van der Waals surface area contributed by atoms with Crippen LogP contribution in [0.4, 0.5) is 5.69 Å². The van der Waals surface area contributed by atoms with Gasteiger partial charge in [-0.15, -0.1) is 0 Å². The van der Waals surface area contributed by atoms with Crippen molar-refractivity contribution in [2.45, 2.75) is 103 Å². The number of carbonyl (C=O) groups excluding carboxylic acids is 4. The van der Waals surface area contributed by atoms with Crippen LogP contribution in [0.3, 0.4) is 0 Å². The fourth-order valence-corrected chi connectivity index (χ4v) is 7.03. The van der Waals surface area contributed by atoms with E-state index >= 15 is 0 Å². The van der Waals surface area contributed by atoms with E-state index in [0.717, 1.165) is 16.0 Å². The summed E-state index contributed by atoms with van der Waals surface area (Å²) in [5.41, 5.74) is 1.74. The average molecular weight is 827 g/mol. The van der Waals surface area contributed by atoms with Crippen LogP contribution in [0, 0.1) is 0 Å². The molecule has 2 aromatic heterocycles. The molecule has 2 unspecified atom stereocenters. The number of aromatic nitrogens is 4. The molecule has 4 aromatic rings. The second-order valence-corrected chi connectivity index (χ2v) is 14.8. The summed E-state index contributed by atoms with van der Waals surface area (Å²) in [7, 11) is 0. The van der Waals surface area contributed by atoms with E-state index in [1.54, 1.807) is 18.2 Å². The van der Waals surface area contributed by atoms with Gasteiger partial charge in [0.1, 0.15) is 11.9 Å². The summed E-state index contributed by atoms with van der Waals surface area (Å²) in [4.78, 5) is 95.2. The lowest BCUT2D eigenvalue weighted by atomic mass is 10.1. The van der Waals surface area contributed by atoms with Gasteiger partial charge in [-0.2, -0.15) is 0 Å². The molecule has 0 saturated heterocycles. The van der Waals surface area contributed by atoms with Crippen molar-refractivity contribution in [3.05, 3.63) is 105 Å². The van der Waals surface area contributed by atoms with E-state index in [2.05, 4.69) is 16.0 Å². The molecule has 1 aliphatic heterocycles. The minimum atomic E-state index is -1.36. The van der Waals surface area contributed by atoms with Gasteiger partial charge in [0.25, 0.3) is 17.4 Å². The molecule has 320 valence electrons. The maximum Gasteiger partial charge on any atom is 0.332 e. The Hall–Kier alpha value is -6.20. The lowest BCUT2D eigenvalue weighted by Gasteiger charge is -2.17. The van der Waals surface area contributed by atoms with Gasteiger partial charge >= 0.3 is 11.7 Å². The third-order valence-corrected chi connectivity index (χ3v) is 10.2. The Labute approximate surface area is 347 Å². The van der Waals surface area contributed by atoms with Crippen molar-refractivity contribution in [2.75, 3.05) is 25.0 Å². The van der Waals surface area contributed by atoms with E-state index in [4.69, 9.17) is 4.98 Å². The molecule has 2 aromatic carbocycles. The molecule has 0 aliphatic carbocycles. The van der Waals surface area contributed by atoms with Crippen LogP contribution in [-0.4, -0.2) is 95.2 Å². The first-order valence-electron chi connectivity index (χ1n) is 20.5. The number of unbranched alkanes of at least 4 members (excludes halogenated alkanes) is 2. The largest absolute Gasteiger partial charge is 0.481 e. The summed E-state index contributed by atoms with van der Waals surface area (Å²) in [6, 6.07) is 15.2. The molecule has 4 amide bonds. The number of rotatable bonds is 24. The van der Waals surface area contributed by atoms with Gasteiger partial charge in [0.2, 0.25) is 11.8 Å². The Kier molecular flexibility index (Phi) is 16.2. The highest BCUT2D eigenvalue weighted by atomic mass is 16.4. The summed E-state index contributed by atoms with van der Waals surface area (Å²) in [5, 5.41) is 28.1. The Balaban J connectivity index is 1.30. The Morgan fingerprint density at radius 2 is 1.55 bits per heavy atom. The van der Waals surface area contributed by atoms with Crippen LogP contribution >= 0.6 is 0 Å². The van der Waals surface area contributed by atoms with Crippen LogP contribution in [0.1, 0.15) is 75.7 Å². The zero-order valence-electron chi connectivity index (χ0n) is 34.1. The molecule has 0 spiro atoms. The van der Waals surface area contributed by atoms with E-state index in [-0.39, 0.29) is 43.5 Å². The summed E-state index contributed by atoms with van der Waals surface area (Å²) >= 11 is 0. The Morgan fingerprint density at radius 3 is 2.25 bits per heavy atom. The van der Waals surface area contributed by atoms with Crippen molar-refractivity contribution in [3.8, 4) is 0 Å². The number of imidazole rings is 1. The number of nitrogens with zero attached hydrogens (tertiary/aromatic N) is 5. The highest BCUT2D eigenvalue weighted by Gasteiger charge is 2.26. The number of anilines is 1. The van der Waals surface area contributed by atoms with Crippen LogP contribution in [0.15, 0.2) is 76.3 Å². The van der Waals surface area contributed by atoms with Gasteiger partial charge in [-0.3, -0.25) is 42.8 Å². The molecule has 0 fully saturated rings. The average Bonchev–Trinajstić information content (AvgIpc) is 3.74. The lowest BCUT2D eigenvalue weighted by molar-refractivity contribution is -0.140. The zero-order valence-corrected chi connectivity index (χ0v) is 34.1. The summed E-state index contributed by atoms with van der Waals surface area (Å²) in [5.74, 6) is -2.64. The topological polar surface area (TPSA) is 227 Å². The molecule has 3 heterocycles. The first-order valence-corrected chi connectivity index (χ1v) is 20.5. The number of hydrogen-bond donors (Lipinski definition) is 5. The molecule has 0 radical (unpaired) electrons. The molecule has 5 N–H and O–H groups in total. The fraction of sp³-hybridized carbons (Fsp3) is 0.442. The number of carboxylic acid groups (broad SMARTS) is 1. The molecule has 0 saturated carbocycles. The van der Waals surface area contributed by atoms with Gasteiger partial charge in [-0.05, 0) is 55.4 Å². The molecular formula is C43H54N8O9. The molecule has 17 nitrogen and oxygen atoms in total. The smallest absolute Gasteiger partial charge is 0.332 e. The van der Waals surface area contributed by atoms with E-state index < -0.39 is 47.6 Å². The minimum Gasteiger partial charge on any atom is -0.481 e. The number of nitrogens with one attached hydrogen (secondary N) is 3. The zero-order chi connectivity index (χ0) is 43.2. The number of aliphatic hydroxyl groups is 1. The monoisotopic (exact) mass is 826 g/mol.